The molecule has 25 heavy (non-hydrogen) atoms. The predicted molar refractivity (Wildman–Crippen MR) is 87.3 cm³/mol. The Hall–Kier alpha value is -3.36. The summed E-state index contributed by atoms with van der Waals surface area (Å²) in [5, 5.41) is 10.8. The minimum absolute atomic E-state index is 0.0409. The molecule has 3 heterocycles. The van der Waals surface area contributed by atoms with Gasteiger partial charge in [0.05, 0.1) is 25.0 Å². The lowest BCUT2D eigenvalue weighted by molar-refractivity contribution is 0.0594. The van der Waals surface area contributed by atoms with Crippen LogP contribution in [0.15, 0.2) is 35.0 Å². The summed E-state index contributed by atoms with van der Waals surface area (Å²) < 4.78 is 13.4. The summed E-state index contributed by atoms with van der Waals surface area (Å²) in [5.74, 6) is -0.392. The van der Waals surface area contributed by atoms with Gasteiger partial charge in [-0.2, -0.15) is 10.2 Å². The molecule has 0 aliphatic carbocycles. The van der Waals surface area contributed by atoms with E-state index in [-0.39, 0.29) is 11.5 Å². The van der Waals surface area contributed by atoms with E-state index in [4.69, 9.17) is 9.15 Å². The summed E-state index contributed by atoms with van der Waals surface area (Å²) in [7, 11) is 2.93. The Labute approximate surface area is 143 Å². The first-order chi connectivity index (χ1) is 12.0. The van der Waals surface area contributed by atoms with Crippen molar-refractivity contribution in [2.45, 2.75) is 13.5 Å². The molecule has 0 atom stereocenters. The molecule has 9 nitrogen and oxygen atoms in total. The van der Waals surface area contributed by atoms with Gasteiger partial charge in [0.25, 0.3) is 5.91 Å². The summed E-state index contributed by atoms with van der Waals surface area (Å²) in [6.45, 7) is 2.15. The Kier molecular flexibility index (Phi) is 4.38. The molecule has 3 aromatic heterocycles. The maximum atomic E-state index is 12.4. The number of methoxy groups -OCH3 is 1. The second-order valence-corrected chi connectivity index (χ2v) is 5.35. The van der Waals surface area contributed by atoms with Crippen LogP contribution >= 0.6 is 0 Å². The van der Waals surface area contributed by atoms with Gasteiger partial charge in [-0.05, 0) is 25.1 Å². The van der Waals surface area contributed by atoms with E-state index < -0.39 is 11.9 Å². The van der Waals surface area contributed by atoms with Crippen LogP contribution in [-0.4, -0.2) is 38.5 Å². The molecule has 0 radical (unpaired) electrons. The average molecular weight is 343 g/mol. The Balaban J connectivity index is 1.79. The molecule has 0 aliphatic heterocycles. The van der Waals surface area contributed by atoms with Crippen LogP contribution in [0.2, 0.25) is 0 Å². The third-order valence-corrected chi connectivity index (χ3v) is 3.71. The highest BCUT2D eigenvalue weighted by molar-refractivity contribution is 6.06. The Morgan fingerprint density at radius 3 is 2.84 bits per heavy atom. The first-order valence-corrected chi connectivity index (χ1v) is 7.49. The van der Waals surface area contributed by atoms with E-state index in [0.717, 1.165) is 0 Å². The normalized spacial score (nSPS) is 10.7. The molecule has 1 amide bonds. The van der Waals surface area contributed by atoms with Crippen LogP contribution < -0.4 is 5.32 Å². The number of nitrogens with one attached hydrogen (secondary N) is 1. The van der Waals surface area contributed by atoms with Gasteiger partial charge >= 0.3 is 5.97 Å². The van der Waals surface area contributed by atoms with Gasteiger partial charge in [0, 0.05) is 19.4 Å². The fraction of sp³-hybridized carbons (Fsp3) is 0.250. The van der Waals surface area contributed by atoms with Crippen molar-refractivity contribution in [2.24, 2.45) is 7.05 Å². The lowest BCUT2D eigenvalue weighted by atomic mass is 10.3. The molecule has 0 unspecified atom stereocenters. The number of nitrogens with zero attached hydrogens (tertiary/aromatic N) is 4. The fourth-order valence-electron chi connectivity index (χ4n) is 2.31. The topological polar surface area (TPSA) is 104 Å². The van der Waals surface area contributed by atoms with Crippen LogP contribution in [0.3, 0.4) is 0 Å². The monoisotopic (exact) mass is 343 g/mol. The van der Waals surface area contributed by atoms with Gasteiger partial charge in [-0.25, -0.2) is 4.79 Å². The number of esters is 1. The van der Waals surface area contributed by atoms with Crippen molar-refractivity contribution in [2.75, 3.05) is 12.4 Å². The van der Waals surface area contributed by atoms with E-state index in [1.54, 1.807) is 49.2 Å². The van der Waals surface area contributed by atoms with Gasteiger partial charge in [0.2, 0.25) is 0 Å². The van der Waals surface area contributed by atoms with Crippen molar-refractivity contribution in [1.82, 2.24) is 19.6 Å². The number of ether oxygens (including phenoxy) is 1. The van der Waals surface area contributed by atoms with Crippen LogP contribution in [-0.2, 0) is 18.3 Å². The fourth-order valence-corrected chi connectivity index (χ4v) is 2.31. The number of rotatable bonds is 5. The minimum atomic E-state index is -0.627. The molecule has 9 heteroatoms. The molecule has 130 valence electrons. The van der Waals surface area contributed by atoms with E-state index in [2.05, 4.69) is 15.5 Å². The summed E-state index contributed by atoms with van der Waals surface area (Å²) >= 11 is 0. The smallest absolute Gasteiger partial charge is 0.360 e. The molecule has 0 fully saturated rings. The number of anilines is 1. The molecule has 1 N–H and O–H groups in total. The number of carbonyl (C=O) groups is 2. The zero-order chi connectivity index (χ0) is 18.0. The van der Waals surface area contributed by atoms with Crippen LogP contribution in [0.5, 0.6) is 0 Å². The number of furan rings is 1. The highest BCUT2D eigenvalue weighted by Crippen LogP contribution is 2.21. The summed E-state index contributed by atoms with van der Waals surface area (Å²) in [6, 6.07) is 5.07. The van der Waals surface area contributed by atoms with Crippen molar-refractivity contribution >= 4 is 17.6 Å². The number of aryl methyl sites for hydroxylation is 1. The maximum absolute atomic E-state index is 12.4. The molecular weight excluding hydrogens is 326 g/mol. The third kappa shape index (κ3) is 3.30. The largest absolute Gasteiger partial charge is 0.464 e. The Morgan fingerprint density at radius 2 is 2.16 bits per heavy atom. The minimum Gasteiger partial charge on any atom is -0.464 e. The Bertz CT molecular complexity index is 907. The van der Waals surface area contributed by atoms with E-state index in [9.17, 15) is 9.59 Å². The van der Waals surface area contributed by atoms with Crippen LogP contribution in [0, 0.1) is 6.92 Å². The first kappa shape index (κ1) is 16.5. The number of hydrogen-bond donors (Lipinski definition) is 1. The third-order valence-electron chi connectivity index (χ3n) is 3.71. The lowest BCUT2D eigenvalue weighted by Gasteiger charge is -2.04. The zero-order valence-electron chi connectivity index (χ0n) is 14.0. The average Bonchev–Trinajstić information content (AvgIpc) is 3.33. The van der Waals surface area contributed by atoms with Gasteiger partial charge in [0.15, 0.2) is 11.5 Å². The number of aromatic nitrogens is 4. The van der Waals surface area contributed by atoms with E-state index in [1.165, 1.54) is 11.8 Å². The van der Waals surface area contributed by atoms with Gasteiger partial charge < -0.3 is 14.5 Å². The first-order valence-electron chi connectivity index (χ1n) is 7.49. The van der Waals surface area contributed by atoms with Crippen molar-refractivity contribution in [3.63, 3.8) is 0 Å². The van der Waals surface area contributed by atoms with Crippen molar-refractivity contribution in [3.05, 3.63) is 53.5 Å². The predicted octanol–water partition coefficient (Wildman–Crippen LogP) is 1.61. The summed E-state index contributed by atoms with van der Waals surface area (Å²) in [6.07, 6.45) is 3.46. The van der Waals surface area contributed by atoms with Crippen LogP contribution in [0.1, 0.15) is 32.5 Å². The highest BCUT2D eigenvalue weighted by atomic mass is 16.5. The second kappa shape index (κ2) is 6.63. The number of carbonyl (C=O) groups excluding carboxylic acids is 2. The Morgan fingerprint density at radius 1 is 1.36 bits per heavy atom. The number of amides is 1. The van der Waals surface area contributed by atoms with Gasteiger partial charge in [-0.3, -0.25) is 14.2 Å². The zero-order valence-corrected chi connectivity index (χ0v) is 14.0. The van der Waals surface area contributed by atoms with Crippen LogP contribution in [0.4, 0.5) is 5.69 Å². The van der Waals surface area contributed by atoms with Crippen LogP contribution in [0.25, 0.3) is 0 Å². The van der Waals surface area contributed by atoms with Gasteiger partial charge in [0.1, 0.15) is 5.76 Å². The number of hydrogen-bond acceptors (Lipinski definition) is 6. The van der Waals surface area contributed by atoms with Crippen molar-refractivity contribution in [1.29, 1.82) is 0 Å². The standard InChI is InChI=1S/C16H17N5O4/c1-10-13(14(16(23)24-3)19-20(10)2)18-15(22)12-6-5-11(25-12)9-21-8-4-7-17-21/h4-8H,9H2,1-3H3,(H,18,22). The molecule has 0 aliphatic rings. The lowest BCUT2D eigenvalue weighted by Crippen LogP contribution is -2.15. The quantitative estimate of drug-likeness (QED) is 0.706. The van der Waals surface area contributed by atoms with Crippen molar-refractivity contribution < 1.29 is 18.7 Å². The SMILES string of the molecule is COC(=O)c1nn(C)c(C)c1NC(=O)c1ccc(Cn2cccn2)o1. The summed E-state index contributed by atoms with van der Waals surface area (Å²) in [4.78, 5) is 24.3. The molecule has 3 aromatic rings. The molecule has 0 spiro atoms. The second-order valence-electron chi connectivity index (χ2n) is 5.35. The van der Waals surface area contributed by atoms with Gasteiger partial charge in [-0.15, -0.1) is 0 Å². The highest BCUT2D eigenvalue weighted by Gasteiger charge is 2.23. The molecule has 0 bridgehead atoms. The van der Waals surface area contributed by atoms with E-state index in [0.29, 0.717) is 23.7 Å². The molecular formula is C16H17N5O4. The van der Waals surface area contributed by atoms with E-state index >= 15 is 0 Å². The maximum Gasteiger partial charge on any atom is 0.360 e. The molecule has 3 rings (SSSR count). The summed E-state index contributed by atoms with van der Waals surface area (Å²) in [5.41, 5.74) is 0.959. The molecule has 0 saturated heterocycles. The van der Waals surface area contributed by atoms with Crippen molar-refractivity contribution in [3.8, 4) is 0 Å². The van der Waals surface area contributed by atoms with E-state index in [1.807, 2.05) is 0 Å². The molecule has 0 aromatic carbocycles. The molecule has 0 saturated carbocycles. The van der Waals surface area contributed by atoms with Gasteiger partial charge in [-0.1, -0.05) is 0 Å².